The van der Waals surface area contributed by atoms with E-state index in [-0.39, 0.29) is 23.1 Å². The standard InChI is InChI=1S/C15H22N4O3/c1-9(20)19-7-10(8-19)16-12-6-11(13(21)22-5)17-14(18-12)15(2,3)4/h6,10H,7-8H2,1-5H3,(H,16,17,18). The Morgan fingerprint density at radius 3 is 2.45 bits per heavy atom. The van der Waals surface area contributed by atoms with Crippen LogP contribution in [0.3, 0.4) is 0 Å². The molecule has 1 saturated heterocycles. The molecule has 7 nitrogen and oxygen atoms in total. The fourth-order valence-electron chi connectivity index (χ4n) is 2.10. The first-order chi connectivity index (χ1) is 10.2. The van der Waals surface area contributed by atoms with Crippen LogP contribution in [0.2, 0.25) is 0 Å². The minimum atomic E-state index is -0.491. The number of esters is 1. The molecule has 1 aromatic rings. The second-order valence-corrected chi connectivity index (χ2v) is 6.47. The van der Waals surface area contributed by atoms with Gasteiger partial charge >= 0.3 is 5.97 Å². The summed E-state index contributed by atoms with van der Waals surface area (Å²) in [6.45, 7) is 8.76. The van der Waals surface area contributed by atoms with Crippen molar-refractivity contribution in [3.8, 4) is 0 Å². The van der Waals surface area contributed by atoms with Gasteiger partial charge in [0.25, 0.3) is 0 Å². The van der Waals surface area contributed by atoms with E-state index in [9.17, 15) is 9.59 Å². The van der Waals surface area contributed by atoms with Crippen molar-refractivity contribution >= 4 is 17.7 Å². The highest BCUT2D eigenvalue weighted by atomic mass is 16.5. The van der Waals surface area contributed by atoms with Crippen LogP contribution in [0, 0.1) is 0 Å². The highest BCUT2D eigenvalue weighted by Gasteiger charge is 2.29. The number of hydrogen-bond donors (Lipinski definition) is 1. The third-order valence-electron chi connectivity index (χ3n) is 3.47. The van der Waals surface area contributed by atoms with Gasteiger partial charge in [-0.1, -0.05) is 20.8 Å². The van der Waals surface area contributed by atoms with Crippen molar-refractivity contribution in [1.29, 1.82) is 0 Å². The van der Waals surface area contributed by atoms with E-state index in [1.807, 2.05) is 20.8 Å². The van der Waals surface area contributed by atoms with Crippen molar-refractivity contribution in [3.05, 3.63) is 17.6 Å². The molecule has 1 fully saturated rings. The maximum absolute atomic E-state index is 11.8. The van der Waals surface area contributed by atoms with Crippen molar-refractivity contribution in [2.45, 2.75) is 39.2 Å². The topological polar surface area (TPSA) is 84.4 Å². The summed E-state index contributed by atoms with van der Waals surface area (Å²) in [7, 11) is 1.32. The molecule has 0 aromatic carbocycles. The zero-order chi connectivity index (χ0) is 16.5. The van der Waals surface area contributed by atoms with Gasteiger partial charge in [-0.3, -0.25) is 4.79 Å². The lowest BCUT2D eigenvalue weighted by atomic mass is 9.95. The minimum Gasteiger partial charge on any atom is -0.464 e. The summed E-state index contributed by atoms with van der Waals surface area (Å²) in [6.07, 6.45) is 0. The third-order valence-corrected chi connectivity index (χ3v) is 3.47. The summed E-state index contributed by atoms with van der Waals surface area (Å²) in [5, 5.41) is 3.24. The summed E-state index contributed by atoms with van der Waals surface area (Å²) in [4.78, 5) is 33.5. The first-order valence-electron chi connectivity index (χ1n) is 7.20. The van der Waals surface area contributed by atoms with E-state index in [4.69, 9.17) is 4.74 Å². The molecule has 0 unspecified atom stereocenters. The molecule has 1 aromatic heterocycles. The van der Waals surface area contributed by atoms with Crippen molar-refractivity contribution < 1.29 is 14.3 Å². The molecule has 0 radical (unpaired) electrons. The molecule has 0 bridgehead atoms. The quantitative estimate of drug-likeness (QED) is 0.845. The van der Waals surface area contributed by atoms with E-state index in [1.165, 1.54) is 7.11 Å². The number of anilines is 1. The molecule has 120 valence electrons. The Balaban J connectivity index is 2.20. The van der Waals surface area contributed by atoms with Gasteiger partial charge in [-0.05, 0) is 0 Å². The molecule has 1 amide bonds. The van der Waals surface area contributed by atoms with Gasteiger partial charge in [0.05, 0.1) is 13.2 Å². The second kappa shape index (κ2) is 5.90. The smallest absolute Gasteiger partial charge is 0.356 e. The lowest BCUT2D eigenvalue weighted by molar-refractivity contribution is -0.132. The van der Waals surface area contributed by atoms with Gasteiger partial charge in [0.2, 0.25) is 5.91 Å². The van der Waals surface area contributed by atoms with Gasteiger partial charge in [0.1, 0.15) is 11.6 Å². The van der Waals surface area contributed by atoms with Crippen molar-refractivity contribution in [3.63, 3.8) is 0 Å². The highest BCUT2D eigenvalue weighted by Crippen LogP contribution is 2.22. The second-order valence-electron chi connectivity index (χ2n) is 6.47. The first-order valence-corrected chi connectivity index (χ1v) is 7.20. The Morgan fingerprint density at radius 2 is 1.95 bits per heavy atom. The zero-order valence-electron chi connectivity index (χ0n) is 13.6. The fourth-order valence-corrected chi connectivity index (χ4v) is 2.10. The molecule has 1 aliphatic rings. The molecule has 22 heavy (non-hydrogen) atoms. The van der Waals surface area contributed by atoms with E-state index < -0.39 is 5.97 Å². The Bertz CT molecular complexity index is 589. The van der Waals surface area contributed by atoms with Crippen molar-refractivity contribution in [1.82, 2.24) is 14.9 Å². The molecular weight excluding hydrogens is 284 g/mol. The fraction of sp³-hybridized carbons (Fsp3) is 0.600. The molecule has 1 N–H and O–H groups in total. The van der Waals surface area contributed by atoms with Crippen molar-refractivity contribution in [2.24, 2.45) is 0 Å². The van der Waals surface area contributed by atoms with Gasteiger partial charge in [-0.25, -0.2) is 14.8 Å². The lowest BCUT2D eigenvalue weighted by Crippen LogP contribution is -2.56. The Kier molecular flexibility index (Phi) is 4.35. The molecule has 7 heteroatoms. The number of carbonyl (C=O) groups excluding carboxylic acids is 2. The van der Waals surface area contributed by atoms with Crippen molar-refractivity contribution in [2.75, 3.05) is 25.5 Å². The molecule has 2 heterocycles. The van der Waals surface area contributed by atoms with Gasteiger partial charge < -0.3 is 15.0 Å². The monoisotopic (exact) mass is 306 g/mol. The Morgan fingerprint density at radius 1 is 1.32 bits per heavy atom. The van der Waals surface area contributed by atoms with E-state index >= 15 is 0 Å². The molecule has 0 aliphatic carbocycles. The summed E-state index contributed by atoms with van der Waals surface area (Å²) in [5.74, 6) is 0.718. The number of ether oxygens (including phenoxy) is 1. The van der Waals surface area contributed by atoms with Crippen LogP contribution in [-0.4, -0.2) is 53.0 Å². The molecular formula is C15H22N4O3. The van der Waals surface area contributed by atoms with Crippen LogP contribution in [0.5, 0.6) is 0 Å². The van der Waals surface area contributed by atoms with E-state index in [0.29, 0.717) is 24.7 Å². The van der Waals surface area contributed by atoms with E-state index in [2.05, 4.69) is 15.3 Å². The number of aromatic nitrogens is 2. The normalized spacial score (nSPS) is 15.2. The average molecular weight is 306 g/mol. The summed E-state index contributed by atoms with van der Waals surface area (Å²) < 4.78 is 4.74. The predicted molar refractivity (Wildman–Crippen MR) is 81.7 cm³/mol. The van der Waals surface area contributed by atoms with E-state index in [0.717, 1.165) is 0 Å². The molecule has 0 saturated carbocycles. The largest absolute Gasteiger partial charge is 0.464 e. The number of hydrogen-bond acceptors (Lipinski definition) is 6. The number of amides is 1. The third kappa shape index (κ3) is 3.52. The number of likely N-dealkylation sites (tertiary alicyclic amines) is 1. The number of nitrogens with zero attached hydrogens (tertiary/aromatic N) is 3. The van der Waals surface area contributed by atoms with Gasteiger partial charge in [0.15, 0.2) is 5.69 Å². The predicted octanol–water partition coefficient (Wildman–Crippen LogP) is 1.20. The number of rotatable bonds is 3. The Hall–Kier alpha value is -2.18. The molecule has 0 atom stereocenters. The highest BCUT2D eigenvalue weighted by molar-refractivity contribution is 5.88. The SMILES string of the molecule is COC(=O)c1cc(NC2CN(C(C)=O)C2)nc(C(C)(C)C)n1. The average Bonchev–Trinajstić information content (AvgIpc) is 2.39. The number of methoxy groups -OCH3 is 1. The van der Waals surface area contributed by atoms with Gasteiger partial charge in [-0.15, -0.1) is 0 Å². The number of nitrogens with one attached hydrogen (secondary N) is 1. The molecule has 0 spiro atoms. The number of carbonyl (C=O) groups is 2. The maximum atomic E-state index is 11.8. The van der Waals surface area contributed by atoms with Crippen LogP contribution >= 0.6 is 0 Å². The van der Waals surface area contributed by atoms with E-state index in [1.54, 1.807) is 17.9 Å². The molecule has 2 rings (SSSR count). The van der Waals surface area contributed by atoms with Crippen LogP contribution in [0.25, 0.3) is 0 Å². The first kappa shape index (κ1) is 16.2. The van der Waals surface area contributed by atoms with Crippen LogP contribution in [0.1, 0.15) is 44.0 Å². The van der Waals surface area contributed by atoms with Crippen LogP contribution in [0.15, 0.2) is 6.07 Å². The summed E-state index contributed by atoms with van der Waals surface area (Å²) >= 11 is 0. The maximum Gasteiger partial charge on any atom is 0.356 e. The zero-order valence-corrected chi connectivity index (χ0v) is 13.6. The van der Waals surface area contributed by atoms with Gasteiger partial charge in [-0.2, -0.15) is 0 Å². The summed E-state index contributed by atoms with van der Waals surface area (Å²) in [6, 6.07) is 1.72. The lowest BCUT2D eigenvalue weighted by Gasteiger charge is -2.39. The summed E-state index contributed by atoms with van der Waals surface area (Å²) in [5.41, 5.74) is -0.0569. The molecule has 1 aliphatic heterocycles. The minimum absolute atomic E-state index is 0.0615. The van der Waals surface area contributed by atoms with Gasteiger partial charge in [0, 0.05) is 31.5 Å². The van der Waals surface area contributed by atoms with Crippen LogP contribution in [-0.2, 0) is 14.9 Å². The van der Waals surface area contributed by atoms with Crippen LogP contribution < -0.4 is 5.32 Å². The Labute approximate surface area is 130 Å². The van der Waals surface area contributed by atoms with Crippen LogP contribution in [0.4, 0.5) is 5.82 Å².